The predicted octanol–water partition coefficient (Wildman–Crippen LogP) is 0.971. The Morgan fingerprint density at radius 3 is 2.69 bits per heavy atom. The van der Waals surface area contributed by atoms with Crippen LogP contribution in [-0.4, -0.2) is 38.0 Å². The monoisotopic (exact) mass is 227 g/mol. The van der Waals surface area contributed by atoms with E-state index in [9.17, 15) is 8.42 Å². The fraction of sp³-hybridized carbons (Fsp3) is 1.00. The molecule has 1 aliphatic heterocycles. The summed E-state index contributed by atoms with van der Waals surface area (Å²) in [5.41, 5.74) is -0.389. The lowest BCUT2D eigenvalue weighted by Crippen LogP contribution is -2.50. The van der Waals surface area contributed by atoms with Gasteiger partial charge in [0.2, 0.25) is 0 Å². The van der Waals surface area contributed by atoms with Crippen molar-refractivity contribution in [3.05, 3.63) is 0 Å². The zero-order valence-corrected chi connectivity index (χ0v) is 9.36. The summed E-state index contributed by atoms with van der Waals surface area (Å²) in [6.07, 6.45) is 0.774. The van der Waals surface area contributed by atoms with Gasteiger partial charge in [-0.3, -0.25) is 0 Å². The van der Waals surface area contributed by atoms with Gasteiger partial charge in [-0.2, -0.15) is 12.7 Å². The first-order valence-corrected chi connectivity index (χ1v) is 6.48. The van der Waals surface area contributed by atoms with Gasteiger partial charge in [0.1, 0.15) is 0 Å². The van der Waals surface area contributed by atoms with Gasteiger partial charge < -0.3 is 4.74 Å². The highest BCUT2D eigenvalue weighted by Gasteiger charge is 2.35. The van der Waals surface area contributed by atoms with Crippen LogP contribution >= 0.6 is 10.7 Å². The molecule has 0 N–H and O–H groups in total. The van der Waals surface area contributed by atoms with E-state index in [-0.39, 0.29) is 5.60 Å². The Hall–Kier alpha value is 0.160. The Labute approximate surface area is 83.4 Å². The molecule has 0 aromatic heterocycles. The second-order valence-corrected chi connectivity index (χ2v) is 5.94. The van der Waals surface area contributed by atoms with Crippen molar-refractivity contribution in [1.82, 2.24) is 4.31 Å². The zero-order valence-electron chi connectivity index (χ0n) is 7.79. The summed E-state index contributed by atoms with van der Waals surface area (Å²) in [6, 6.07) is 0. The molecule has 0 saturated carbocycles. The maximum Gasteiger partial charge on any atom is 0.299 e. The van der Waals surface area contributed by atoms with Crippen LogP contribution in [0, 0.1) is 0 Å². The Kier molecular flexibility index (Phi) is 3.22. The lowest BCUT2D eigenvalue weighted by molar-refractivity contribution is -0.0782. The van der Waals surface area contributed by atoms with E-state index < -0.39 is 9.24 Å². The second kappa shape index (κ2) is 3.73. The van der Waals surface area contributed by atoms with Crippen molar-refractivity contribution in [3.63, 3.8) is 0 Å². The molecule has 13 heavy (non-hydrogen) atoms. The fourth-order valence-electron chi connectivity index (χ4n) is 1.29. The molecule has 1 rings (SSSR count). The SMILES string of the molecule is CCC1(C)CN(S(=O)(=O)Cl)CCO1. The first-order valence-electron chi connectivity index (χ1n) is 4.21. The molecule has 1 fully saturated rings. The standard InChI is InChI=1S/C7H14ClNO3S/c1-3-7(2)6-9(4-5-12-7)13(8,10)11/h3-6H2,1-2H3. The third kappa shape index (κ3) is 2.80. The molecule has 0 amide bonds. The summed E-state index contributed by atoms with van der Waals surface area (Å²) >= 11 is 0. The number of ether oxygens (including phenoxy) is 1. The highest BCUT2D eigenvalue weighted by atomic mass is 35.7. The van der Waals surface area contributed by atoms with Crippen LogP contribution in [0.3, 0.4) is 0 Å². The molecular formula is C7H14ClNO3S. The summed E-state index contributed by atoms with van der Waals surface area (Å²) in [5.74, 6) is 0. The maximum absolute atomic E-state index is 11.0. The van der Waals surface area contributed by atoms with E-state index >= 15 is 0 Å². The van der Waals surface area contributed by atoms with Gasteiger partial charge in [0.15, 0.2) is 0 Å². The van der Waals surface area contributed by atoms with E-state index in [2.05, 4.69) is 0 Å². The third-order valence-electron chi connectivity index (χ3n) is 2.36. The summed E-state index contributed by atoms with van der Waals surface area (Å²) < 4.78 is 28.8. The first-order chi connectivity index (χ1) is 5.87. The Bertz CT molecular complexity index is 279. The van der Waals surface area contributed by atoms with Crippen molar-refractivity contribution in [1.29, 1.82) is 0 Å². The molecule has 0 aromatic rings. The molecule has 1 atom stereocenters. The van der Waals surface area contributed by atoms with Gasteiger partial charge in [0.05, 0.1) is 12.2 Å². The minimum absolute atomic E-state index is 0.343. The molecule has 0 radical (unpaired) electrons. The fourth-order valence-corrected chi connectivity index (χ4v) is 2.36. The number of hydrogen-bond donors (Lipinski definition) is 0. The minimum Gasteiger partial charge on any atom is -0.373 e. The molecule has 1 aliphatic rings. The van der Waals surface area contributed by atoms with Crippen molar-refractivity contribution < 1.29 is 13.2 Å². The largest absolute Gasteiger partial charge is 0.373 e. The first kappa shape index (κ1) is 11.2. The normalized spacial score (nSPS) is 31.9. The van der Waals surface area contributed by atoms with Gasteiger partial charge in [-0.25, -0.2) is 0 Å². The van der Waals surface area contributed by atoms with E-state index in [1.54, 1.807) is 0 Å². The molecule has 0 spiro atoms. The van der Waals surface area contributed by atoms with E-state index in [0.717, 1.165) is 6.42 Å². The molecule has 1 unspecified atom stereocenters. The quantitative estimate of drug-likeness (QED) is 0.661. The highest BCUT2D eigenvalue weighted by molar-refractivity contribution is 8.11. The molecule has 1 heterocycles. The van der Waals surface area contributed by atoms with E-state index in [0.29, 0.717) is 19.7 Å². The van der Waals surface area contributed by atoms with Crippen LogP contribution in [0.4, 0.5) is 0 Å². The number of halogens is 1. The van der Waals surface area contributed by atoms with Gasteiger partial charge in [0, 0.05) is 23.8 Å². The minimum atomic E-state index is -3.58. The molecular weight excluding hydrogens is 214 g/mol. The second-order valence-electron chi connectivity index (χ2n) is 3.43. The smallest absolute Gasteiger partial charge is 0.299 e. The Balaban J connectivity index is 2.73. The van der Waals surface area contributed by atoms with Crippen LogP contribution in [-0.2, 0) is 14.0 Å². The van der Waals surface area contributed by atoms with Crippen LogP contribution in [0.1, 0.15) is 20.3 Å². The van der Waals surface area contributed by atoms with Crippen molar-refractivity contribution in [2.45, 2.75) is 25.9 Å². The van der Waals surface area contributed by atoms with Gasteiger partial charge in [-0.15, -0.1) is 0 Å². The molecule has 6 heteroatoms. The Morgan fingerprint density at radius 1 is 1.62 bits per heavy atom. The van der Waals surface area contributed by atoms with Gasteiger partial charge >= 0.3 is 0 Å². The summed E-state index contributed by atoms with van der Waals surface area (Å²) in [4.78, 5) is 0. The van der Waals surface area contributed by atoms with E-state index in [4.69, 9.17) is 15.4 Å². The van der Waals surface area contributed by atoms with Crippen molar-refractivity contribution in [2.75, 3.05) is 19.7 Å². The van der Waals surface area contributed by atoms with E-state index in [1.165, 1.54) is 4.31 Å². The molecule has 0 aromatic carbocycles. The van der Waals surface area contributed by atoms with Crippen molar-refractivity contribution in [3.8, 4) is 0 Å². The third-order valence-corrected chi connectivity index (χ3v) is 3.87. The van der Waals surface area contributed by atoms with Crippen LogP contribution in [0.2, 0.25) is 0 Å². The summed E-state index contributed by atoms with van der Waals surface area (Å²) in [6.45, 7) is 4.96. The lowest BCUT2D eigenvalue weighted by Gasteiger charge is -2.37. The number of nitrogens with zero attached hydrogens (tertiary/aromatic N) is 1. The average Bonchev–Trinajstić information content (AvgIpc) is 2.03. The molecule has 4 nitrogen and oxygen atoms in total. The Morgan fingerprint density at radius 2 is 2.23 bits per heavy atom. The molecule has 78 valence electrons. The predicted molar refractivity (Wildman–Crippen MR) is 51.0 cm³/mol. The van der Waals surface area contributed by atoms with Crippen LogP contribution in [0.5, 0.6) is 0 Å². The van der Waals surface area contributed by atoms with Gasteiger partial charge in [-0.1, -0.05) is 6.92 Å². The topological polar surface area (TPSA) is 46.6 Å². The number of morpholine rings is 1. The summed E-state index contributed by atoms with van der Waals surface area (Å²) in [5, 5.41) is 0. The molecule has 1 saturated heterocycles. The lowest BCUT2D eigenvalue weighted by atomic mass is 10.0. The zero-order chi connectivity index (χ0) is 10.1. The van der Waals surface area contributed by atoms with Crippen LogP contribution in [0.25, 0.3) is 0 Å². The molecule has 0 aliphatic carbocycles. The van der Waals surface area contributed by atoms with Crippen LogP contribution < -0.4 is 0 Å². The van der Waals surface area contributed by atoms with Gasteiger partial charge in [0.25, 0.3) is 9.24 Å². The number of hydrogen-bond acceptors (Lipinski definition) is 3. The highest BCUT2D eigenvalue weighted by Crippen LogP contribution is 2.23. The molecule has 0 bridgehead atoms. The van der Waals surface area contributed by atoms with Crippen molar-refractivity contribution >= 4 is 19.9 Å². The van der Waals surface area contributed by atoms with Crippen LogP contribution in [0.15, 0.2) is 0 Å². The van der Waals surface area contributed by atoms with Crippen molar-refractivity contribution in [2.24, 2.45) is 0 Å². The summed E-state index contributed by atoms with van der Waals surface area (Å²) in [7, 11) is 1.66. The maximum atomic E-state index is 11.0. The van der Waals surface area contributed by atoms with E-state index in [1.807, 2.05) is 13.8 Å². The number of rotatable bonds is 2. The average molecular weight is 228 g/mol. The van der Waals surface area contributed by atoms with Gasteiger partial charge in [-0.05, 0) is 13.3 Å².